The van der Waals surface area contributed by atoms with Gasteiger partial charge in [-0.1, -0.05) is 31.2 Å². The summed E-state index contributed by atoms with van der Waals surface area (Å²) in [5, 5.41) is 0. The van der Waals surface area contributed by atoms with E-state index in [9.17, 15) is 4.79 Å². The molecule has 1 fully saturated rings. The van der Waals surface area contributed by atoms with Crippen LogP contribution in [0, 0.1) is 6.92 Å². The van der Waals surface area contributed by atoms with Crippen molar-refractivity contribution in [3.05, 3.63) is 35.4 Å². The minimum absolute atomic E-state index is 0.0840. The summed E-state index contributed by atoms with van der Waals surface area (Å²) in [5.74, 6) is 0.423. The number of benzene rings is 1. The molecule has 1 aliphatic rings. The molecule has 0 radical (unpaired) electrons. The molecule has 0 N–H and O–H groups in total. The van der Waals surface area contributed by atoms with Gasteiger partial charge < -0.3 is 0 Å². The molecule has 0 aromatic heterocycles. The third-order valence-corrected chi connectivity index (χ3v) is 3.57. The minimum atomic E-state index is 0.0840. The van der Waals surface area contributed by atoms with Gasteiger partial charge in [0.1, 0.15) is 5.78 Å². The monoisotopic (exact) mass is 202 g/mol. The average molecular weight is 202 g/mol. The number of carbonyl (C=O) groups excluding carboxylic acids is 1. The molecule has 0 spiro atoms. The SMILES string of the molecule is Cc1ccccc1[C@]1(C)CCCC(=O)C1. The number of carbonyl (C=O) groups is 1. The van der Waals surface area contributed by atoms with Gasteiger partial charge in [0.05, 0.1) is 0 Å². The number of hydrogen-bond acceptors (Lipinski definition) is 1. The summed E-state index contributed by atoms with van der Waals surface area (Å²) in [6, 6.07) is 8.45. The van der Waals surface area contributed by atoms with Gasteiger partial charge in [0, 0.05) is 12.8 Å². The van der Waals surface area contributed by atoms with Crippen LogP contribution in [0.5, 0.6) is 0 Å². The van der Waals surface area contributed by atoms with Crippen molar-refractivity contribution in [1.29, 1.82) is 0 Å². The quantitative estimate of drug-likeness (QED) is 0.682. The second kappa shape index (κ2) is 3.80. The zero-order chi connectivity index (χ0) is 10.9. The number of aryl methyl sites for hydroxylation is 1. The highest BCUT2D eigenvalue weighted by Crippen LogP contribution is 2.38. The van der Waals surface area contributed by atoms with Crippen molar-refractivity contribution in [2.24, 2.45) is 0 Å². The Kier molecular flexibility index (Phi) is 2.64. The van der Waals surface area contributed by atoms with E-state index in [1.807, 2.05) is 0 Å². The van der Waals surface area contributed by atoms with Crippen LogP contribution in [0.1, 0.15) is 43.7 Å². The summed E-state index contributed by atoms with van der Waals surface area (Å²) < 4.78 is 0. The molecule has 1 aliphatic carbocycles. The lowest BCUT2D eigenvalue weighted by atomic mass is 9.69. The van der Waals surface area contributed by atoms with Crippen LogP contribution < -0.4 is 0 Å². The molecule has 0 saturated heterocycles. The fraction of sp³-hybridized carbons (Fsp3) is 0.500. The van der Waals surface area contributed by atoms with E-state index in [1.54, 1.807) is 0 Å². The maximum atomic E-state index is 11.6. The largest absolute Gasteiger partial charge is 0.300 e. The van der Waals surface area contributed by atoms with Gasteiger partial charge in [0.25, 0.3) is 0 Å². The highest BCUT2D eigenvalue weighted by molar-refractivity contribution is 5.81. The van der Waals surface area contributed by atoms with E-state index in [-0.39, 0.29) is 5.41 Å². The molecule has 0 unspecified atom stereocenters. The van der Waals surface area contributed by atoms with Gasteiger partial charge in [-0.3, -0.25) is 4.79 Å². The van der Waals surface area contributed by atoms with Crippen molar-refractivity contribution in [1.82, 2.24) is 0 Å². The smallest absolute Gasteiger partial charge is 0.133 e. The molecule has 0 amide bonds. The highest BCUT2D eigenvalue weighted by Gasteiger charge is 2.33. The maximum absolute atomic E-state index is 11.6. The second-order valence-electron chi connectivity index (χ2n) is 4.94. The lowest BCUT2D eigenvalue weighted by molar-refractivity contribution is -0.121. The van der Waals surface area contributed by atoms with E-state index in [0.717, 1.165) is 25.7 Å². The molecule has 1 atom stereocenters. The van der Waals surface area contributed by atoms with Gasteiger partial charge in [0.15, 0.2) is 0 Å². The van der Waals surface area contributed by atoms with Crippen LogP contribution >= 0.6 is 0 Å². The first-order valence-corrected chi connectivity index (χ1v) is 5.70. The van der Waals surface area contributed by atoms with E-state index in [0.29, 0.717) is 5.78 Å². The van der Waals surface area contributed by atoms with Crippen LogP contribution in [-0.2, 0) is 10.2 Å². The standard InChI is InChI=1S/C14H18O/c1-11-6-3-4-8-13(11)14(2)9-5-7-12(15)10-14/h3-4,6,8H,5,7,9-10H2,1-2H3/t14-/m1/s1. The van der Waals surface area contributed by atoms with Crippen molar-refractivity contribution in [2.45, 2.75) is 44.9 Å². The molecule has 2 rings (SSSR count). The summed E-state index contributed by atoms with van der Waals surface area (Å²) in [6.45, 7) is 4.37. The molecule has 1 aromatic rings. The summed E-state index contributed by atoms with van der Waals surface area (Å²) in [6.07, 6.45) is 3.69. The van der Waals surface area contributed by atoms with E-state index in [2.05, 4.69) is 38.1 Å². The molecular weight excluding hydrogens is 184 g/mol. The number of ketones is 1. The lowest BCUT2D eigenvalue weighted by Crippen LogP contribution is -2.30. The van der Waals surface area contributed by atoms with E-state index in [4.69, 9.17) is 0 Å². The minimum Gasteiger partial charge on any atom is -0.300 e. The molecule has 1 nitrogen and oxygen atoms in total. The zero-order valence-electron chi connectivity index (χ0n) is 9.55. The topological polar surface area (TPSA) is 17.1 Å². The number of rotatable bonds is 1. The molecular formula is C14H18O. The Balaban J connectivity index is 2.36. The third-order valence-electron chi connectivity index (χ3n) is 3.57. The predicted octanol–water partition coefficient (Wildman–Crippen LogP) is 3.40. The fourth-order valence-corrected chi connectivity index (χ4v) is 2.77. The molecule has 0 bridgehead atoms. The van der Waals surface area contributed by atoms with Crippen molar-refractivity contribution in [3.63, 3.8) is 0 Å². The van der Waals surface area contributed by atoms with Crippen LogP contribution in [0.15, 0.2) is 24.3 Å². The number of hydrogen-bond donors (Lipinski definition) is 0. The average Bonchev–Trinajstić information content (AvgIpc) is 2.17. The maximum Gasteiger partial charge on any atom is 0.133 e. The predicted molar refractivity (Wildman–Crippen MR) is 62.0 cm³/mol. The van der Waals surface area contributed by atoms with Gasteiger partial charge in [0.2, 0.25) is 0 Å². The lowest BCUT2D eigenvalue weighted by Gasteiger charge is -2.34. The fourth-order valence-electron chi connectivity index (χ4n) is 2.77. The Bertz CT molecular complexity index is 381. The van der Waals surface area contributed by atoms with E-state index in [1.165, 1.54) is 11.1 Å². The zero-order valence-corrected chi connectivity index (χ0v) is 9.55. The van der Waals surface area contributed by atoms with Gasteiger partial charge >= 0.3 is 0 Å². The molecule has 1 aromatic carbocycles. The second-order valence-corrected chi connectivity index (χ2v) is 4.94. The highest BCUT2D eigenvalue weighted by atomic mass is 16.1. The Morgan fingerprint density at radius 3 is 2.67 bits per heavy atom. The molecule has 0 heterocycles. The Morgan fingerprint density at radius 1 is 1.27 bits per heavy atom. The van der Waals surface area contributed by atoms with Gasteiger partial charge in [-0.2, -0.15) is 0 Å². The first-order valence-electron chi connectivity index (χ1n) is 5.70. The van der Waals surface area contributed by atoms with Crippen molar-refractivity contribution in [2.75, 3.05) is 0 Å². The summed E-state index contributed by atoms with van der Waals surface area (Å²) in [4.78, 5) is 11.6. The van der Waals surface area contributed by atoms with Crippen molar-refractivity contribution < 1.29 is 4.79 Å². The van der Waals surface area contributed by atoms with Gasteiger partial charge in [-0.15, -0.1) is 0 Å². The Labute approximate surface area is 91.5 Å². The van der Waals surface area contributed by atoms with Crippen LogP contribution in [0.2, 0.25) is 0 Å². The summed E-state index contributed by atoms with van der Waals surface area (Å²) >= 11 is 0. The third kappa shape index (κ3) is 1.97. The number of Topliss-reactive ketones (excluding diaryl/α,β-unsaturated/α-hetero) is 1. The molecule has 15 heavy (non-hydrogen) atoms. The van der Waals surface area contributed by atoms with E-state index < -0.39 is 0 Å². The molecule has 80 valence electrons. The molecule has 1 heteroatoms. The van der Waals surface area contributed by atoms with Crippen LogP contribution in [0.25, 0.3) is 0 Å². The molecule has 1 saturated carbocycles. The van der Waals surface area contributed by atoms with Crippen molar-refractivity contribution >= 4 is 5.78 Å². The normalized spacial score (nSPS) is 26.7. The van der Waals surface area contributed by atoms with E-state index >= 15 is 0 Å². The van der Waals surface area contributed by atoms with Crippen molar-refractivity contribution in [3.8, 4) is 0 Å². The van der Waals surface area contributed by atoms with Crippen LogP contribution in [0.3, 0.4) is 0 Å². The first kappa shape index (κ1) is 10.4. The summed E-state index contributed by atoms with van der Waals surface area (Å²) in [5.41, 5.74) is 2.76. The van der Waals surface area contributed by atoms with Gasteiger partial charge in [-0.25, -0.2) is 0 Å². The Hall–Kier alpha value is -1.11. The summed E-state index contributed by atoms with van der Waals surface area (Å²) in [7, 11) is 0. The first-order chi connectivity index (χ1) is 7.12. The Morgan fingerprint density at radius 2 is 2.00 bits per heavy atom. The van der Waals surface area contributed by atoms with Crippen LogP contribution in [0.4, 0.5) is 0 Å². The molecule has 0 aliphatic heterocycles. The van der Waals surface area contributed by atoms with Gasteiger partial charge in [-0.05, 0) is 36.3 Å². The van der Waals surface area contributed by atoms with Crippen LogP contribution in [-0.4, -0.2) is 5.78 Å².